The van der Waals surface area contributed by atoms with Gasteiger partial charge in [-0.05, 0) is 0 Å². The summed E-state index contributed by atoms with van der Waals surface area (Å²) in [6, 6.07) is 0.904. The molecule has 10 heavy (non-hydrogen) atoms. The zero-order chi connectivity index (χ0) is 7.72. The van der Waals surface area contributed by atoms with Crippen molar-refractivity contribution in [2.45, 2.75) is 0 Å². The lowest BCUT2D eigenvalue weighted by molar-refractivity contribution is 0.176. The molecule has 0 saturated heterocycles. The molecule has 0 fully saturated rings. The second-order valence-corrected chi connectivity index (χ2v) is 1.68. The molecule has 0 aliphatic carbocycles. The lowest BCUT2D eigenvalue weighted by Crippen LogP contribution is -2.29. The molecule has 54 valence electrons. The van der Waals surface area contributed by atoms with Gasteiger partial charge in [0.05, 0.1) is 0 Å². The van der Waals surface area contributed by atoms with E-state index >= 15 is 0 Å². The Labute approximate surface area is 54.5 Å². The van der Waals surface area contributed by atoms with E-state index in [0.717, 1.165) is 6.07 Å². The number of anilines is 1. The summed E-state index contributed by atoms with van der Waals surface area (Å²) in [6.07, 6.45) is 0. The number of aromatic nitrogens is 2. The average molecular weight is 143 g/mol. The van der Waals surface area contributed by atoms with E-state index in [1.165, 1.54) is 0 Å². The summed E-state index contributed by atoms with van der Waals surface area (Å²) in [5, 5.41) is 8.64. The van der Waals surface area contributed by atoms with Crippen LogP contribution in [0, 0.1) is 0 Å². The quantitative estimate of drug-likeness (QED) is 0.379. The molecule has 0 saturated carbocycles. The molecule has 1 aromatic rings. The first-order valence-electron chi connectivity index (χ1n) is 2.42. The number of rotatable bonds is 0. The standard InChI is InChI=1S/C4H5N3O3/c5-2-1-3(8)6-4(9)7(2)10/h1,10H,5H2,(H,6,8,9). The van der Waals surface area contributed by atoms with Crippen molar-refractivity contribution < 1.29 is 5.21 Å². The lowest BCUT2D eigenvalue weighted by Gasteiger charge is -1.95. The Morgan fingerprint density at radius 2 is 2.20 bits per heavy atom. The molecule has 0 aromatic carbocycles. The number of aromatic amines is 1. The van der Waals surface area contributed by atoms with Crippen molar-refractivity contribution in [2.75, 3.05) is 5.73 Å². The molecule has 1 heterocycles. The van der Waals surface area contributed by atoms with Crippen molar-refractivity contribution in [2.24, 2.45) is 0 Å². The number of hydrogen-bond donors (Lipinski definition) is 3. The number of nitrogens with two attached hydrogens (primary N) is 1. The van der Waals surface area contributed by atoms with E-state index in [1.807, 2.05) is 0 Å². The highest BCUT2D eigenvalue weighted by Crippen LogP contribution is 1.84. The first kappa shape index (κ1) is 6.40. The van der Waals surface area contributed by atoms with E-state index in [-0.39, 0.29) is 10.5 Å². The molecule has 6 nitrogen and oxygen atoms in total. The minimum absolute atomic E-state index is 0.154. The van der Waals surface area contributed by atoms with Crippen molar-refractivity contribution in [3.8, 4) is 0 Å². The van der Waals surface area contributed by atoms with Crippen LogP contribution in [0.4, 0.5) is 5.82 Å². The predicted octanol–water partition coefficient (Wildman–Crippen LogP) is -1.64. The first-order chi connectivity index (χ1) is 4.61. The van der Waals surface area contributed by atoms with Gasteiger partial charge in [-0.2, -0.15) is 0 Å². The highest BCUT2D eigenvalue weighted by molar-refractivity contribution is 5.24. The second kappa shape index (κ2) is 1.90. The lowest BCUT2D eigenvalue weighted by atomic mass is 10.6. The Hall–Kier alpha value is -1.72. The van der Waals surface area contributed by atoms with Gasteiger partial charge in [0, 0.05) is 6.07 Å². The average Bonchev–Trinajstić information content (AvgIpc) is 1.82. The number of nitrogen functional groups attached to an aromatic ring is 1. The van der Waals surface area contributed by atoms with Crippen molar-refractivity contribution >= 4 is 5.82 Å². The van der Waals surface area contributed by atoms with Crippen molar-refractivity contribution in [1.82, 2.24) is 9.71 Å². The highest BCUT2D eigenvalue weighted by Gasteiger charge is 1.97. The zero-order valence-electron chi connectivity index (χ0n) is 4.87. The fourth-order valence-corrected chi connectivity index (χ4v) is 0.507. The third kappa shape index (κ3) is 0.859. The van der Waals surface area contributed by atoms with Crippen LogP contribution in [0.15, 0.2) is 15.7 Å². The summed E-state index contributed by atoms with van der Waals surface area (Å²) in [5.74, 6) is -0.284. The smallest absolute Gasteiger partial charge is 0.363 e. The Kier molecular flexibility index (Phi) is 1.22. The highest BCUT2D eigenvalue weighted by atomic mass is 16.5. The van der Waals surface area contributed by atoms with E-state index in [2.05, 4.69) is 0 Å². The van der Waals surface area contributed by atoms with Gasteiger partial charge in [0.25, 0.3) is 5.56 Å². The third-order valence-electron chi connectivity index (χ3n) is 0.946. The summed E-state index contributed by atoms with van der Waals surface area (Å²) in [4.78, 5) is 22.6. The van der Waals surface area contributed by atoms with Gasteiger partial charge in [0.2, 0.25) is 0 Å². The maximum absolute atomic E-state index is 10.4. The van der Waals surface area contributed by atoms with Crippen molar-refractivity contribution in [3.63, 3.8) is 0 Å². The minimum atomic E-state index is -0.940. The molecule has 1 aromatic heterocycles. The van der Waals surface area contributed by atoms with E-state index in [9.17, 15) is 9.59 Å². The number of nitrogens with zero attached hydrogens (tertiary/aromatic N) is 1. The van der Waals surface area contributed by atoms with Crippen LogP contribution in [0.1, 0.15) is 0 Å². The maximum atomic E-state index is 10.4. The SMILES string of the molecule is Nc1cc(=O)[nH]c(=O)n1O. The predicted molar refractivity (Wildman–Crippen MR) is 32.9 cm³/mol. The molecule has 0 atom stereocenters. The van der Waals surface area contributed by atoms with Crippen LogP contribution in [0.3, 0.4) is 0 Å². The fourth-order valence-electron chi connectivity index (χ4n) is 0.507. The van der Waals surface area contributed by atoms with Crippen LogP contribution in [0.5, 0.6) is 0 Å². The second-order valence-electron chi connectivity index (χ2n) is 1.68. The van der Waals surface area contributed by atoms with Gasteiger partial charge < -0.3 is 10.9 Å². The molecule has 1 rings (SSSR count). The molecular formula is C4H5N3O3. The molecular weight excluding hydrogens is 138 g/mol. The molecule has 0 bridgehead atoms. The van der Waals surface area contributed by atoms with Gasteiger partial charge in [-0.3, -0.25) is 9.78 Å². The van der Waals surface area contributed by atoms with Crippen LogP contribution in [0.25, 0.3) is 0 Å². The molecule has 0 unspecified atom stereocenters. The molecule has 4 N–H and O–H groups in total. The van der Waals surface area contributed by atoms with Gasteiger partial charge in [-0.1, -0.05) is 0 Å². The summed E-state index contributed by atoms with van der Waals surface area (Å²) in [6.45, 7) is 0. The summed E-state index contributed by atoms with van der Waals surface area (Å²) in [5.41, 5.74) is 3.44. The van der Waals surface area contributed by atoms with Crippen LogP contribution in [0.2, 0.25) is 0 Å². The largest absolute Gasteiger partial charge is 0.422 e. The van der Waals surface area contributed by atoms with E-state index in [0.29, 0.717) is 0 Å². The zero-order valence-corrected chi connectivity index (χ0v) is 4.87. The Morgan fingerprint density at radius 3 is 2.70 bits per heavy atom. The molecule has 0 aliphatic rings. The van der Waals surface area contributed by atoms with Gasteiger partial charge in [-0.25, -0.2) is 4.79 Å². The van der Waals surface area contributed by atoms with Crippen LogP contribution in [-0.2, 0) is 0 Å². The topological polar surface area (TPSA) is 101 Å². The van der Waals surface area contributed by atoms with Gasteiger partial charge >= 0.3 is 5.69 Å². The van der Waals surface area contributed by atoms with Crippen molar-refractivity contribution in [1.29, 1.82) is 0 Å². The summed E-state index contributed by atoms with van der Waals surface area (Å²) < 4.78 is 0.154. The monoisotopic (exact) mass is 143 g/mol. The third-order valence-corrected chi connectivity index (χ3v) is 0.946. The van der Waals surface area contributed by atoms with Crippen LogP contribution >= 0.6 is 0 Å². The molecule has 0 spiro atoms. The Bertz CT molecular complexity index is 350. The molecule has 0 amide bonds. The van der Waals surface area contributed by atoms with Gasteiger partial charge in [0.15, 0.2) is 5.82 Å². The minimum Gasteiger partial charge on any atom is -0.422 e. The maximum Gasteiger partial charge on any atom is 0.363 e. The molecule has 6 heteroatoms. The van der Waals surface area contributed by atoms with E-state index in [4.69, 9.17) is 10.9 Å². The fraction of sp³-hybridized carbons (Fsp3) is 0. The Balaban J connectivity index is 3.62. The summed E-state index contributed by atoms with van der Waals surface area (Å²) in [7, 11) is 0. The first-order valence-corrected chi connectivity index (χ1v) is 2.42. The van der Waals surface area contributed by atoms with Gasteiger partial charge in [-0.15, -0.1) is 4.73 Å². The van der Waals surface area contributed by atoms with E-state index in [1.54, 1.807) is 4.98 Å². The van der Waals surface area contributed by atoms with Crippen LogP contribution < -0.4 is 17.0 Å². The van der Waals surface area contributed by atoms with Crippen LogP contribution in [-0.4, -0.2) is 14.9 Å². The molecule has 0 radical (unpaired) electrons. The number of H-pyrrole nitrogens is 1. The summed E-state index contributed by atoms with van der Waals surface area (Å²) >= 11 is 0. The molecule has 0 aliphatic heterocycles. The normalized spacial score (nSPS) is 9.60. The number of nitrogens with one attached hydrogen (secondary N) is 1. The van der Waals surface area contributed by atoms with Gasteiger partial charge in [0.1, 0.15) is 0 Å². The Morgan fingerprint density at radius 1 is 1.60 bits per heavy atom. The number of hydrogen-bond acceptors (Lipinski definition) is 4. The van der Waals surface area contributed by atoms with Crippen molar-refractivity contribution in [3.05, 3.63) is 26.9 Å². The van der Waals surface area contributed by atoms with E-state index < -0.39 is 11.2 Å².